The molecule has 0 unspecified atom stereocenters. The largest absolute Gasteiger partial charge is 0.422 e. The van der Waals surface area contributed by atoms with Gasteiger partial charge in [0.15, 0.2) is 0 Å². The summed E-state index contributed by atoms with van der Waals surface area (Å²) in [7, 11) is 0. The fourth-order valence-corrected chi connectivity index (χ4v) is 4.88. The summed E-state index contributed by atoms with van der Waals surface area (Å²) in [5, 5.41) is 10.6. The summed E-state index contributed by atoms with van der Waals surface area (Å²) in [6.07, 6.45) is 0.900. The van der Waals surface area contributed by atoms with Crippen LogP contribution in [0.3, 0.4) is 0 Å². The number of hydrogen-bond donors (Lipinski definition) is 1. The zero-order valence-corrected chi connectivity index (χ0v) is 13.9. The highest BCUT2D eigenvalue weighted by atomic mass is 16.4. The standard InChI is InChI=1S/C19H21NO4/c1-18(2)9-19(11-21)10-20(8-15(18)19)16(22)13-7-12-5-3-4-6-14(12)24-17(13)23/h3-7,15,21H,8-11H2,1-2H3/t15-,19-/m1/s1. The van der Waals surface area contributed by atoms with Crippen molar-refractivity contribution in [3.8, 4) is 0 Å². The van der Waals surface area contributed by atoms with Crippen LogP contribution in [-0.4, -0.2) is 35.6 Å². The third-order valence-corrected chi connectivity index (χ3v) is 5.87. The van der Waals surface area contributed by atoms with Crippen molar-refractivity contribution in [3.63, 3.8) is 0 Å². The molecule has 1 saturated carbocycles. The van der Waals surface area contributed by atoms with Gasteiger partial charge < -0.3 is 14.4 Å². The quantitative estimate of drug-likeness (QED) is 0.859. The van der Waals surface area contributed by atoms with Gasteiger partial charge in [-0.2, -0.15) is 0 Å². The second-order valence-corrected chi connectivity index (χ2v) is 7.91. The number of carbonyl (C=O) groups excluding carboxylic acids is 1. The van der Waals surface area contributed by atoms with Gasteiger partial charge in [-0.15, -0.1) is 0 Å². The van der Waals surface area contributed by atoms with E-state index in [1.54, 1.807) is 23.1 Å². The molecule has 2 heterocycles. The lowest BCUT2D eigenvalue weighted by Gasteiger charge is -2.55. The molecule has 5 nitrogen and oxygen atoms in total. The van der Waals surface area contributed by atoms with Crippen molar-refractivity contribution >= 4 is 16.9 Å². The summed E-state index contributed by atoms with van der Waals surface area (Å²) in [5.41, 5.74) is -0.146. The summed E-state index contributed by atoms with van der Waals surface area (Å²) < 4.78 is 5.28. The molecule has 1 aromatic heterocycles. The predicted molar refractivity (Wildman–Crippen MR) is 89.8 cm³/mol. The van der Waals surface area contributed by atoms with Gasteiger partial charge in [0.05, 0.1) is 6.61 Å². The van der Waals surface area contributed by atoms with Crippen molar-refractivity contribution in [2.24, 2.45) is 16.7 Å². The molecule has 1 N–H and O–H groups in total. The lowest BCUT2D eigenvalue weighted by atomic mass is 9.48. The highest BCUT2D eigenvalue weighted by molar-refractivity contribution is 5.96. The molecule has 1 aliphatic heterocycles. The first kappa shape index (κ1) is 15.4. The molecule has 126 valence electrons. The molecule has 1 aromatic carbocycles. The van der Waals surface area contributed by atoms with Crippen LogP contribution in [0.1, 0.15) is 30.6 Å². The molecule has 1 aliphatic carbocycles. The molecule has 1 amide bonds. The third-order valence-electron chi connectivity index (χ3n) is 5.87. The topological polar surface area (TPSA) is 70.8 Å². The van der Waals surface area contributed by atoms with Crippen LogP contribution in [0.25, 0.3) is 11.0 Å². The molecule has 24 heavy (non-hydrogen) atoms. The Morgan fingerprint density at radius 3 is 2.79 bits per heavy atom. The number of carbonyl (C=O) groups is 1. The van der Waals surface area contributed by atoms with Gasteiger partial charge in [0.1, 0.15) is 11.1 Å². The fourth-order valence-electron chi connectivity index (χ4n) is 4.88. The molecule has 2 aliphatic rings. The van der Waals surface area contributed by atoms with Crippen molar-refractivity contribution in [2.45, 2.75) is 20.3 Å². The van der Waals surface area contributed by atoms with E-state index in [0.717, 1.165) is 11.8 Å². The molecule has 1 saturated heterocycles. The number of likely N-dealkylation sites (tertiary alicyclic amines) is 1. The van der Waals surface area contributed by atoms with E-state index in [9.17, 15) is 14.7 Å². The Morgan fingerprint density at radius 1 is 1.38 bits per heavy atom. The van der Waals surface area contributed by atoms with Gasteiger partial charge in [-0.05, 0) is 29.9 Å². The number of para-hydroxylation sites is 1. The van der Waals surface area contributed by atoms with Gasteiger partial charge in [-0.1, -0.05) is 32.0 Å². The van der Waals surface area contributed by atoms with E-state index < -0.39 is 5.63 Å². The smallest absolute Gasteiger partial charge is 0.349 e. The van der Waals surface area contributed by atoms with Crippen LogP contribution >= 0.6 is 0 Å². The molecule has 2 atom stereocenters. The maximum absolute atomic E-state index is 12.9. The molecule has 0 bridgehead atoms. The summed E-state index contributed by atoms with van der Waals surface area (Å²) in [6, 6.07) is 8.78. The first-order valence-corrected chi connectivity index (χ1v) is 8.29. The van der Waals surface area contributed by atoms with E-state index >= 15 is 0 Å². The van der Waals surface area contributed by atoms with Gasteiger partial charge in [-0.25, -0.2) is 4.79 Å². The maximum Gasteiger partial charge on any atom is 0.349 e. The number of hydrogen-bond acceptors (Lipinski definition) is 4. The molecule has 0 radical (unpaired) electrons. The number of aliphatic hydroxyl groups is 1. The van der Waals surface area contributed by atoms with Crippen LogP contribution in [-0.2, 0) is 0 Å². The van der Waals surface area contributed by atoms with Crippen molar-refractivity contribution in [1.29, 1.82) is 0 Å². The first-order chi connectivity index (χ1) is 11.4. The summed E-state index contributed by atoms with van der Waals surface area (Å²) in [4.78, 5) is 26.8. The number of nitrogens with zero attached hydrogens (tertiary/aromatic N) is 1. The van der Waals surface area contributed by atoms with E-state index in [1.165, 1.54) is 0 Å². The Labute approximate surface area is 139 Å². The summed E-state index contributed by atoms with van der Waals surface area (Å²) >= 11 is 0. The van der Waals surface area contributed by atoms with Crippen molar-refractivity contribution in [1.82, 2.24) is 4.90 Å². The Kier molecular flexibility index (Phi) is 3.16. The molecule has 2 fully saturated rings. The van der Waals surface area contributed by atoms with Crippen LogP contribution < -0.4 is 5.63 Å². The number of aliphatic hydroxyl groups excluding tert-OH is 1. The van der Waals surface area contributed by atoms with E-state index in [2.05, 4.69) is 13.8 Å². The minimum atomic E-state index is -0.602. The number of rotatable bonds is 2. The number of amides is 1. The molecule has 4 rings (SSSR count). The number of benzene rings is 1. The van der Waals surface area contributed by atoms with Crippen LogP contribution in [0.4, 0.5) is 0 Å². The minimum absolute atomic E-state index is 0.0703. The summed E-state index contributed by atoms with van der Waals surface area (Å²) in [6.45, 7) is 5.51. The zero-order valence-electron chi connectivity index (χ0n) is 13.9. The summed E-state index contributed by atoms with van der Waals surface area (Å²) in [5.74, 6) is -0.0287. The molecular formula is C19H21NO4. The molecule has 0 spiro atoms. The van der Waals surface area contributed by atoms with Crippen molar-refractivity contribution in [3.05, 3.63) is 46.3 Å². The lowest BCUT2D eigenvalue weighted by Crippen LogP contribution is -2.54. The Morgan fingerprint density at radius 2 is 2.12 bits per heavy atom. The van der Waals surface area contributed by atoms with Gasteiger partial charge in [0.25, 0.3) is 5.91 Å². The van der Waals surface area contributed by atoms with E-state index in [4.69, 9.17) is 4.42 Å². The minimum Gasteiger partial charge on any atom is -0.422 e. The normalized spacial score (nSPS) is 27.8. The molecular weight excluding hydrogens is 306 g/mol. The monoisotopic (exact) mass is 327 g/mol. The van der Waals surface area contributed by atoms with Gasteiger partial charge in [0.2, 0.25) is 0 Å². The lowest BCUT2D eigenvalue weighted by molar-refractivity contribution is -0.0977. The third kappa shape index (κ3) is 2.04. The van der Waals surface area contributed by atoms with E-state index in [0.29, 0.717) is 18.7 Å². The fraction of sp³-hybridized carbons (Fsp3) is 0.474. The van der Waals surface area contributed by atoms with Gasteiger partial charge >= 0.3 is 5.63 Å². The molecule has 2 aromatic rings. The molecule has 5 heteroatoms. The Balaban J connectivity index is 1.68. The highest BCUT2D eigenvalue weighted by Gasteiger charge is 2.63. The second-order valence-electron chi connectivity index (χ2n) is 7.91. The average Bonchev–Trinajstić information content (AvgIpc) is 2.89. The average molecular weight is 327 g/mol. The van der Waals surface area contributed by atoms with E-state index in [-0.39, 0.29) is 34.8 Å². The highest BCUT2D eigenvalue weighted by Crippen LogP contribution is 2.62. The maximum atomic E-state index is 12.9. The Hall–Kier alpha value is -2.14. The van der Waals surface area contributed by atoms with Crippen molar-refractivity contribution in [2.75, 3.05) is 19.7 Å². The second kappa shape index (κ2) is 4.93. The van der Waals surface area contributed by atoms with Crippen LogP contribution in [0.2, 0.25) is 0 Å². The van der Waals surface area contributed by atoms with E-state index in [1.807, 2.05) is 12.1 Å². The SMILES string of the molecule is CC1(C)C[C@]2(CO)CN(C(=O)c3cc4ccccc4oc3=O)C[C@H]12. The first-order valence-electron chi connectivity index (χ1n) is 8.29. The van der Waals surface area contributed by atoms with Crippen LogP contribution in [0.5, 0.6) is 0 Å². The number of fused-ring (bicyclic) bond motifs is 2. The Bertz CT molecular complexity index is 884. The predicted octanol–water partition coefficient (Wildman–Crippen LogP) is 2.27. The van der Waals surface area contributed by atoms with Gasteiger partial charge in [-0.3, -0.25) is 4.79 Å². The van der Waals surface area contributed by atoms with Crippen LogP contribution in [0.15, 0.2) is 39.5 Å². The zero-order chi connectivity index (χ0) is 17.1. The van der Waals surface area contributed by atoms with Crippen molar-refractivity contribution < 1.29 is 14.3 Å². The van der Waals surface area contributed by atoms with Gasteiger partial charge in [0, 0.05) is 23.9 Å². The van der Waals surface area contributed by atoms with Crippen LogP contribution in [0, 0.1) is 16.7 Å².